The van der Waals surface area contributed by atoms with Crippen LogP contribution >= 0.6 is 0 Å². The Labute approximate surface area is 135 Å². The highest BCUT2D eigenvalue weighted by atomic mass is 16.5. The molecule has 2 amide bonds. The SMILES string of the molecule is C[C@H](NC(=O)N1CCO[C@@H](c2nncn2C)C1)c1ccccc1. The van der Waals surface area contributed by atoms with Gasteiger partial charge in [-0.2, -0.15) is 0 Å². The van der Waals surface area contributed by atoms with Crippen LogP contribution in [0.1, 0.15) is 30.5 Å². The lowest BCUT2D eigenvalue weighted by Gasteiger charge is -2.33. The number of ether oxygens (including phenoxy) is 1. The third-order valence-electron chi connectivity index (χ3n) is 4.03. The molecule has 0 unspecified atom stereocenters. The lowest BCUT2D eigenvalue weighted by Crippen LogP contribution is -2.48. The van der Waals surface area contributed by atoms with Crippen molar-refractivity contribution in [3.8, 4) is 0 Å². The number of benzene rings is 1. The van der Waals surface area contributed by atoms with E-state index in [1.165, 1.54) is 0 Å². The number of nitrogens with one attached hydrogen (secondary N) is 1. The quantitative estimate of drug-likeness (QED) is 0.935. The van der Waals surface area contributed by atoms with Gasteiger partial charge in [0.25, 0.3) is 0 Å². The van der Waals surface area contributed by atoms with Gasteiger partial charge in [0.15, 0.2) is 5.82 Å². The summed E-state index contributed by atoms with van der Waals surface area (Å²) >= 11 is 0. The summed E-state index contributed by atoms with van der Waals surface area (Å²) in [6.45, 7) is 3.51. The van der Waals surface area contributed by atoms with Gasteiger partial charge in [-0.15, -0.1) is 10.2 Å². The van der Waals surface area contributed by atoms with Gasteiger partial charge >= 0.3 is 6.03 Å². The van der Waals surface area contributed by atoms with Crippen LogP contribution < -0.4 is 5.32 Å². The summed E-state index contributed by atoms with van der Waals surface area (Å²) in [5.41, 5.74) is 1.08. The van der Waals surface area contributed by atoms with E-state index in [9.17, 15) is 4.79 Å². The molecule has 0 spiro atoms. The largest absolute Gasteiger partial charge is 0.366 e. The van der Waals surface area contributed by atoms with Gasteiger partial charge in [0.1, 0.15) is 12.4 Å². The maximum Gasteiger partial charge on any atom is 0.318 e. The van der Waals surface area contributed by atoms with Crippen molar-refractivity contribution in [2.24, 2.45) is 7.05 Å². The first-order valence-corrected chi connectivity index (χ1v) is 7.71. The standard InChI is InChI=1S/C16H21N5O2/c1-12(13-6-4-3-5-7-13)18-16(22)21-8-9-23-14(10-21)15-19-17-11-20(15)2/h3-7,11-12,14H,8-10H2,1-2H3,(H,18,22)/t12-,14+/m0/s1. The average Bonchev–Trinajstić information content (AvgIpc) is 3.02. The molecule has 0 radical (unpaired) electrons. The molecule has 2 atom stereocenters. The van der Waals surface area contributed by atoms with E-state index in [4.69, 9.17) is 4.74 Å². The van der Waals surface area contributed by atoms with Crippen LogP contribution in [-0.4, -0.2) is 45.4 Å². The third kappa shape index (κ3) is 3.50. The Bertz CT molecular complexity index is 658. The molecule has 2 heterocycles. The van der Waals surface area contributed by atoms with Crippen LogP contribution in [0, 0.1) is 0 Å². The Morgan fingerprint density at radius 1 is 1.39 bits per heavy atom. The summed E-state index contributed by atoms with van der Waals surface area (Å²) in [4.78, 5) is 14.3. The van der Waals surface area contributed by atoms with E-state index in [0.29, 0.717) is 19.7 Å². The van der Waals surface area contributed by atoms with Gasteiger partial charge in [0.2, 0.25) is 0 Å². The molecule has 1 aliphatic heterocycles. The molecule has 3 rings (SSSR count). The number of morpholine rings is 1. The highest BCUT2D eigenvalue weighted by molar-refractivity contribution is 5.74. The van der Waals surface area contributed by atoms with Crippen LogP contribution in [0.15, 0.2) is 36.7 Å². The fourth-order valence-corrected chi connectivity index (χ4v) is 2.68. The van der Waals surface area contributed by atoms with Gasteiger partial charge in [-0.1, -0.05) is 30.3 Å². The molecule has 1 fully saturated rings. The number of urea groups is 1. The number of rotatable bonds is 3. The second-order valence-corrected chi connectivity index (χ2v) is 5.69. The molecule has 2 aromatic rings. The molecule has 1 aromatic heterocycles. The number of hydrogen-bond acceptors (Lipinski definition) is 4. The Balaban J connectivity index is 1.62. The molecular weight excluding hydrogens is 294 g/mol. The Morgan fingerprint density at radius 2 is 2.17 bits per heavy atom. The van der Waals surface area contributed by atoms with E-state index in [0.717, 1.165) is 11.4 Å². The molecule has 0 aliphatic carbocycles. The predicted molar refractivity (Wildman–Crippen MR) is 84.7 cm³/mol. The zero-order chi connectivity index (χ0) is 16.2. The molecule has 1 saturated heterocycles. The summed E-state index contributed by atoms with van der Waals surface area (Å²) in [7, 11) is 1.87. The third-order valence-corrected chi connectivity index (χ3v) is 4.03. The molecule has 23 heavy (non-hydrogen) atoms. The summed E-state index contributed by atoms with van der Waals surface area (Å²) in [5, 5.41) is 11.0. The number of carbonyl (C=O) groups excluding carboxylic acids is 1. The second kappa shape index (κ2) is 6.78. The summed E-state index contributed by atoms with van der Waals surface area (Å²) in [6.07, 6.45) is 1.39. The topological polar surface area (TPSA) is 72.3 Å². The lowest BCUT2D eigenvalue weighted by molar-refractivity contribution is -0.0217. The first kappa shape index (κ1) is 15.5. The number of nitrogens with zero attached hydrogens (tertiary/aromatic N) is 4. The predicted octanol–water partition coefficient (Wildman–Crippen LogP) is 1.66. The van der Waals surface area contributed by atoms with Crippen molar-refractivity contribution in [1.82, 2.24) is 25.0 Å². The van der Waals surface area contributed by atoms with E-state index in [-0.39, 0.29) is 18.2 Å². The van der Waals surface area contributed by atoms with Gasteiger partial charge < -0.3 is 19.5 Å². The van der Waals surface area contributed by atoms with Gasteiger partial charge in [0, 0.05) is 13.6 Å². The number of aryl methyl sites for hydroxylation is 1. The maximum absolute atomic E-state index is 12.5. The Hall–Kier alpha value is -2.41. The molecule has 1 aromatic carbocycles. The Morgan fingerprint density at radius 3 is 2.87 bits per heavy atom. The summed E-state index contributed by atoms with van der Waals surface area (Å²) in [6, 6.07) is 9.79. The van der Waals surface area contributed by atoms with Crippen molar-refractivity contribution < 1.29 is 9.53 Å². The Kier molecular flexibility index (Phi) is 4.57. The summed E-state index contributed by atoms with van der Waals surface area (Å²) in [5.74, 6) is 0.735. The smallest absolute Gasteiger partial charge is 0.318 e. The zero-order valence-corrected chi connectivity index (χ0v) is 13.3. The van der Waals surface area contributed by atoms with Crippen molar-refractivity contribution in [1.29, 1.82) is 0 Å². The number of amides is 2. The fourth-order valence-electron chi connectivity index (χ4n) is 2.68. The number of aromatic nitrogens is 3. The van der Waals surface area contributed by atoms with E-state index in [1.54, 1.807) is 11.2 Å². The van der Waals surface area contributed by atoms with Crippen LogP contribution in [0.2, 0.25) is 0 Å². The normalized spacial score (nSPS) is 19.4. The lowest BCUT2D eigenvalue weighted by atomic mass is 10.1. The van der Waals surface area contributed by atoms with Crippen LogP contribution in [0.5, 0.6) is 0 Å². The highest BCUT2D eigenvalue weighted by Crippen LogP contribution is 2.20. The van der Waals surface area contributed by atoms with Crippen molar-refractivity contribution >= 4 is 6.03 Å². The molecule has 0 saturated carbocycles. The van der Waals surface area contributed by atoms with E-state index < -0.39 is 0 Å². The van der Waals surface area contributed by atoms with Crippen molar-refractivity contribution in [2.75, 3.05) is 19.7 Å². The second-order valence-electron chi connectivity index (χ2n) is 5.69. The van der Waals surface area contributed by atoms with Gasteiger partial charge in [-0.3, -0.25) is 0 Å². The minimum Gasteiger partial charge on any atom is -0.366 e. The molecular formula is C16H21N5O2. The zero-order valence-electron chi connectivity index (χ0n) is 13.3. The van der Waals surface area contributed by atoms with Crippen LogP contribution in [0.4, 0.5) is 4.79 Å². The highest BCUT2D eigenvalue weighted by Gasteiger charge is 2.28. The minimum absolute atomic E-state index is 0.0418. The minimum atomic E-state index is -0.242. The maximum atomic E-state index is 12.5. The first-order chi connectivity index (χ1) is 11.1. The van der Waals surface area contributed by atoms with Crippen molar-refractivity contribution in [3.63, 3.8) is 0 Å². The van der Waals surface area contributed by atoms with Gasteiger partial charge in [-0.25, -0.2) is 4.79 Å². The molecule has 122 valence electrons. The van der Waals surface area contributed by atoms with E-state index in [1.807, 2.05) is 48.9 Å². The van der Waals surface area contributed by atoms with Gasteiger partial charge in [-0.05, 0) is 12.5 Å². The summed E-state index contributed by atoms with van der Waals surface area (Å²) < 4.78 is 7.55. The van der Waals surface area contributed by atoms with Crippen molar-refractivity contribution in [2.45, 2.75) is 19.1 Å². The van der Waals surface area contributed by atoms with E-state index >= 15 is 0 Å². The molecule has 7 nitrogen and oxygen atoms in total. The average molecular weight is 315 g/mol. The molecule has 1 aliphatic rings. The number of carbonyl (C=O) groups is 1. The van der Waals surface area contributed by atoms with E-state index in [2.05, 4.69) is 15.5 Å². The van der Waals surface area contributed by atoms with Crippen LogP contribution in [0.3, 0.4) is 0 Å². The number of hydrogen-bond donors (Lipinski definition) is 1. The van der Waals surface area contributed by atoms with Crippen LogP contribution in [-0.2, 0) is 11.8 Å². The van der Waals surface area contributed by atoms with Crippen LogP contribution in [0.25, 0.3) is 0 Å². The van der Waals surface area contributed by atoms with Crippen molar-refractivity contribution in [3.05, 3.63) is 48.0 Å². The monoisotopic (exact) mass is 315 g/mol. The molecule has 7 heteroatoms. The fraction of sp³-hybridized carbons (Fsp3) is 0.438. The first-order valence-electron chi connectivity index (χ1n) is 7.71. The molecule has 0 bridgehead atoms. The molecule has 1 N–H and O–H groups in total. The van der Waals surface area contributed by atoms with Gasteiger partial charge in [0.05, 0.1) is 19.2 Å².